The van der Waals surface area contributed by atoms with Crippen molar-refractivity contribution < 1.29 is 13.2 Å². The largest absolute Gasteiger partial charge is 0.306 e. The van der Waals surface area contributed by atoms with Crippen molar-refractivity contribution in [2.24, 2.45) is 0 Å². The minimum Gasteiger partial charge on any atom is -0.306 e. The van der Waals surface area contributed by atoms with Crippen LogP contribution in [0.1, 0.15) is 24.1 Å². The van der Waals surface area contributed by atoms with Gasteiger partial charge in [-0.15, -0.1) is 0 Å². The van der Waals surface area contributed by atoms with Crippen LogP contribution in [0.2, 0.25) is 5.02 Å². The zero-order chi connectivity index (χ0) is 14.7. The van der Waals surface area contributed by atoms with Crippen LogP contribution in [0.3, 0.4) is 0 Å². The molecule has 0 spiro atoms. The molecule has 0 aliphatic carbocycles. The second-order valence-corrected chi connectivity index (χ2v) is 4.70. The lowest BCUT2D eigenvalue weighted by atomic mass is 9.97. The zero-order valence-electron chi connectivity index (χ0n) is 10.8. The molecule has 0 saturated carbocycles. The molecule has 0 aliphatic heterocycles. The summed E-state index contributed by atoms with van der Waals surface area (Å²) in [6.45, 7) is 2.24. The minimum atomic E-state index is -0.843. The Morgan fingerprint density at radius 3 is 2.35 bits per heavy atom. The second kappa shape index (κ2) is 6.29. The SMILES string of the molecule is CCNC(c1cc(F)ccc1Cl)c1c(F)cccc1F. The third-order valence-electron chi connectivity index (χ3n) is 2.97. The number of rotatable bonds is 4. The van der Waals surface area contributed by atoms with E-state index in [4.69, 9.17) is 11.6 Å². The molecule has 1 N–H and O–H groups in total. The predicted molar refractivity (Wildman–Crippen MR) is 73.3 cm³/mol. The summed E-state index contributed by atoms with van der Waals surface area (Å²) in [6.07, 6.45) is 0. The molecule has 1 unspecified atom stereocenters. The lowest BCUT2D eigenvalue weighted by molar-refractivity contribution is 0.508. The van der Waals surface area contributed by atoms with Crippen LogP contribution < -0.4 is 5.32 Å². The lowest BCUT2D eigenvalue weighted by Crippen LogP contribution is -2.24. The number of nitrogens with one attached hydrogen (secondary N) is 1. The Morgan fingerprint density at radius 2 is 1.75 bits per heavy atom. The smallest absolute Gasteiger partial charge is 0.131 e. The Labute approximate surface area is 120 Å². The molecule has 5 heteroatoms. The molecule has 0 aliphatic rings. The monoisotopic (exact) mass is 299 g/mol. The molecule has 2 aromatic carbocycles. The quantitative estimate of drug-likeness (QED) is 0.879. The van der Waals surface area contributed by atoms with Gasteiger partial charge in [0, 0.05) is 10.6 Å². The summed E-state index contributed by atoms with van der Waals surface area (Å²) in [6, 6.07) is 6.52. The maximum Gasteiger partial charge on any atom is 0.131 e. The number of hydrogen-bond donors (Lipinski definition) is 1. The molecule has 0 saturated heterocycles. The van der Waals surface area contributed by atoms with Crippen LogP contribution >= 0.6 is 11.6 Å². The van der Waals surface area contributed by atoms with Gasteiger partial charge in [0.2, 0.25) is 0 Å². The van der Waals surface area contributed by atoms with E-state index < -0.39 is 23.5 Å². The fraction of sp³-hybridized carbons (Fsp3) is 0.200. The molecule has 1 nitrogen and oxygen atoms in total. The van der Waals surface area contributed by atoms with E-state index in [9.17, 15) is 13.2 Å². The van der Waals surface area contributed by atoms with Crippen LogP contribution in [0.25, 0.3) is 0 Å². The normalized spacial score (nSPS) is 12.4. The molecule has 0 radical (unpaired) electrons. The zero-order valence-corrected chi connectivity index (χ0v) is 11.5. The van der Waals surface area contributed by atoms with Crippen molar-refractivity contribution in [1.29, 1.82) is 0 Å². The number of halogens is 4. The summed E-state index contributed by atoms with van der Waals surface area (Å²) in [7, 11) is 0. The Kier molecular flexibility index (Phi) is 4.68. The minimum absolute atomic E-state index is 0.165. The fourth-order valence-electron chi connectivity index (χ4n) is 2.09. The van der Waals surface area contributed by atoms with E-state index >= 15 is 0 Å². The van der Waals surface area contributed by atoms with E-state index in [0.29, 0.717) is 12.1 Å². The summed E-state index contributed by atoms with van der Waals surface area (Å²) in [5, 5.41) is 3.18. The first-order valence-corrected chi connectivity index (χ1v) is 6.54. The molecule has 0 bridgehead atoms. The fourth-order valence-corrected chi connectivity index (χ4v) is 2.32. The molecule has 20 heavy (non-hydrogen) atoms. The van der Waals surface area contributed by atoms with Crippen molar-refractivity contribution in [2.75, 3.05) is 6.54 Å². The van der Waals surface area contributed by atoms with Crippen molar-refractivity contribution in [3.63, 3.8) is 0 Å². The average Bonchev–Trinajstić information content (AvgIpc) is 2.40. The molecule has 0 fully saturated rings. The van der Waals surface area contributed by atoms with Crippen molar-refractivity contribution >= 4 is 11.6 Å². The number of benzene rings is 2. The molecule has 2 rings (SSSR count). The van der Waals surface area contributed by atoms with Gasteiger partial charge in [0.1, 0.15) is 17.5 Å². The third-order valence-corrected chi connectivity index (χ3v) is 3.31. The molecule has 0 aromatic heterocycles. The van der Waals surface area contributed by atoms with E-state index in [-0.39, 0.29) is 10.6 Å². The third kappa shape index (κ3) is 2.97. The van der Waals surface area contributed by atoms with Gasteiger partial charge < -0.3 is 5.32 Å². The van der Waals surface area contributed by atoms with Crippen LogP contribution in [0, 0.1) is 17.5 Å². The Balaban J connectivity index is 2.59. The first-order chi connectivity index (χ1) is 9.54. The van der Waals surface area contributed by atoms with Crippen molar-refractivity contribution in [1.82, 2.24) is 5.32 Å². The van der Waals surface area contributed by atoms with Crippen LogP contribution in [0.15, 0.2) is 36.4 Å². The van der Waals surface area contributed by atoms with Gasteiger partial charge in [-0.3, -0.25) is 0 Å². The van der Waals surface area contributed by atoms with Crippen LogP contribution in [0.4, 0.5) is 13.2 Å². The molecule has 2 aromatic rings. The highest BCUT2D eigenvalue weighted by Crippen LogP contribution is 2.31. The summed E-state index contributed by atoms with van der Waals surface area (Å²) in [5.74, 6) is -1.91. The van der Waals surface area contributed by atoms with Gasteiger partial charge in [-0.05, 0) is 42.4 Å². The van der Waals surface area contributed by atoms with Gasteiger partial charge >= 0.3 is 0 Å². The Bertz CT molecular complexity index is 596. The standard InChI is InChI=1S/C15H13ClF3N/c1-2-20-15(10-8-9(17)6-7-11(10)16)14-12(18)4-3-5-13(14)19/h3-8,15,20H,2H2,1H3. The molecule has 106 valence electrons. The Morgan fingerprint density at radius 1 is 1.10 bits per heavy atom. The van der Waals surface area contributed by atoms with Crippen molar-refractivity contribution in [3.05, 3.63) is 70.0 Å². The second-order valence-electron chi connectivity index (χ2n) is 4.29. The van der Waals surface area contributed by atoms with Gasteiger partial charge in [0.25, 0.3) is 0 Å². The van der Waals surface area contributed by atoms with Crippen LogP contribution in [0.5, 0.6) is 0 Å². The summed E-state index contributed by atoms with van der Waals surface area (Å²) < 4.78 is 41.2. The van der Waals surface area contributed by atoms with E-state index in [1.165, 1.54) is 24.3 Å². The van der Waals surface area contributed by atoms with Gasteiger partial charge in [-0.25, -0.2) is 13.2 Å². The maximum absolute atomic E-state index is 13.9. The highest BCUT2D eigenvalue weighted by Gasteiger charge is 2.23. The maximum atomic E-state index is 13.9. The topological polar surface area (TPSA) is 12.0 Å². The van der Waals surface area contributed by atoms with E-state index in [1.807, 2.05) is 0 Å². The van der Waals surface area contributed by atoms with Gasteiger partial charge in [0.05, 0.1) is 6.04 Å². The van der Waals surface area contributed by atoms with Gasteiger partial charge in [-0.1, -0.05) is 24.6 Å². The molecule has 1 atom stereocenters. The Hall–Kier alpha value is -1.52. The summed E-state index contributed by atoms with van der Waals surface area (Å²) in [5.41, 5.74) is 0.138. The number of hydrogen-bond acceptors (Lipinski definition) is 1. The first-order valence-electron chi connectivity index (χ1n) is 6.16. The van der Waals surface area contributed by atoms with E-state index in [2.05, 4.69) is 5.32 Å². The molecule has 0 amide bonds. The molecule has 0 heterocycles. The van der Waals surface area contributed by atoms with E-state index in [1.54, 1.807) is 6.92 Å². The van der Waals surface area contributed by atoms with Crippen LogP contribution in [-0.4, -0.2) is 6.54 Å². The lowest BCUT2D eigenvalue weighted by Gasteiger charge is -2.21. The molecular weight excluding hydrogens is 287 g/mol. The highest BCUT2D eigenvalue weighted by molar-refractivity contribution is 6.31. The van der Waals surface area contributed by atoms with Gasteiger partial charge in [0.15, 0.2) is 0 Å². The summed E-state index contributed by atoms with van der Waals surface area (Å²) >= 11 is 6.03. The van der Waals surface area contributed by atoms with Gasteiger partial charge in [-0.2, -0.15) is 0 Å². The highest BCUT2D eigenvalue weighted by atomic mass is 35.5. The predicted octanol–water partition coefficient (Wildman–Crippen LogP) is 4.46. The van der Waals surface area contributed by atoms with Crippen molar-refractivity contribution in [2.45, 2.75) is 13.0 Å². The van der Waals surface area contributed by atoms with E-state index in [0.717, 1.165) is 12.1 Å². The van der Waals surface area contributed by atoms with Crippen molar-refractivity contribution in [3.8, 4) is 0 Å². The average molecular weight is 300 g/mol. The summed E-state index contributed by atoms with van der Waals surface area (Å²) in [4.78, 5) is 0. The first kappa shape index (κ1) is 14.9. The molecular formula is C15H13ClF3N. The van der Waals surface area contributed by atoms with Crippen LogP contribution in [-0.2, 0) is 0 Å².